The molecule has 14 heavy (non-hydrogen) atoms. The van der Waals surface area contributed by atoms with Crippen LogP contribution >= 0.6 is 0 Å². The molecule has 6 heteroatoms. The van der Waals surface area contributed by atoms with Gasteiger partial charge in [-0.15, -0.1) is 10.2 Å². The predicted molar refractivity (Wildman–Crippen MR) is 53.4 cm³/mol. The smallest absolute Gasteiger partial charge is 0.188 e. The predicted octanol–water partition coefficient (Wildman–Crippen LogP) is -0.621. The maximum atomic E-state index is 5.66. The molecule has 0 aliphatic rings. The zero-order valence-electron chi connectivity index (χ0n) is 9.23. The first-order chi connectivity index (χ1) is 6.45. The van der Waals surface area contributed by atoms with Crippen molar-refractivity contribution in [2.45, 2.75) is 25.9 Å². The van der Waals surface area contributed by atoms with Crippen LogP contribution in [0.3, 0.4) is 0 Å². The average Bonchev–Trinajstić information content (AvgIpc) is 2.51. The van der Waals surface area contributed by atoms with Gasteiger partial charge in [-0.2, -0.15) is 4.80 Å². The Morgan fingerprint density at radius 2 is 2.14 bits per heavy atom. The van der Waals surface area contributed by atoms with Crippen molar-refractivity contribution >= 4 is 0 Å². The Bertz CT molecular complexity index is 292. The fourth-order valence-corrected chi connectivity index (χ4v) is 0.969. The molecule has 0 saturated carbocycles. The molecule has 0 aliphatic carbocycles. The number of nitrogens with zero attached hydrogens (tertiary/aromatic N) is 5. The van der Waals surface area contributed by atoms with Crippen molar-refractivity contribution in [1.82, 2.24) is 25.1 Å². The van der Waals surface area contributed by atoms with Crippen LogP contribution < -0.4 is 5.73 Å². The van der Waals surface area contributed by atoms with Crippen LogP contribution in [-0.2, 0) is 13.6 Å². The van der Waals surface area contributed by atoms with E-state index in [1.807, 2.05) is 7.05 Å². The maximum Gasteiger partial charge on any atom is 0.188 e. The topological polar surface area (TPSA) is 72.9 Å². The molecule has 0 radical (unpaired) electrons. The Hall–Kier alpha value is -1.01. The van der Waals surface area contributed by atoms with Gasteiger partial charge in [-0.05, 0) is 26.1 Å². The van der Waals surface area contributed by atoms with Crippen LogP contribution in [0, 0.1) is 0 Å². The summed E-state index contributed by atoms with van der Waals surface area (Å²) in [5, 5.41) is 11.8. The summed E-state index contributed by atoms with van der Waals surface area (Å²) in [6.45, 7) is 5.44. The van der Waals surface area contributed by atoms with Gasteiger partial charge in [0.15, 0.2) is 5.82 Å². The Morgan fingerprint density at radius 1 is 1.50 bits per heavy atom. The third-order valence-electron chi connectivity index (χ3n) is 2.46. The van der Waals surface area contributed by atoms with Gasteiger partial charge >= 0.3 is 0 Å². The van der Waals surface area contributed by atoms with E-state index >= 15 is 0 Å². The van der Waals surface area contributed by atoms with E-state index in [0.29, 0.717) is 13.1 Å². The summed E-state index contributed by atoms with van der Waals surface area (Å²) in [6, 6.07) is 0. The number of tetrazole rings is 1. The van der Waals surface area contributed by atoms with Gasteiger partial charge in [-0.3, -0.25) is 4.90 Å². The fourth-order valence-electron chi connectivity index (χ4n) is 0.969. The second-order valence-corrected chi connectivity index (χ2v) is 4.07. The van der Waals surface area contributed by atoms with Crippen molar-refractivity contribution in [2.75, 3.05) is 13.6 Å². The summed E-state index contributed by atoms with van der Waals surface area (Å²) < 4.78 is 0. The largest absolute Gasteiger partial charge is 0.329 e. The van der Waals surface area contributed by atoms with Crippen molar-refractivity contribution in [1.29, 1.82) is 0 Å². The number of aromatic nitrogens is 4. The lowest BCUT2D eigenvalue weighted by atomic mass is 10.0. The summed E-state index contributed by atoms with van der Waals surface area (Å²) in [7, 11) is 3.76. The van der Waals surface area contributed by atoms with E-state index in [0.717, 1.165) is 5.82 Å². The summed E-state index contributed by atoms with van der Waals surface area (Å²) >= 11 is 0. The molecular weight excluding hydrogens is 180 g/mol. The van der Waals surface area contributed by atoms with Crippen molar-refractivity contribution in [2.24, 2.45) is 12.8 Å². The maximum absolute atomic E-state index is 5.66. The van der Waals surface area contributed by atoms with Crippen LogP contribution in [0.1, 0.15) is 19.7 Å². The van der Waals surface area contributed by atoms with Gasteiger partial charge in [0.1, 0.15) is 0 Å². The molecule has 0 unspecified atom stereocenters. The minimum atomic E-state index is -0.0425. The third-order valence-corrected chi connectivity index (χ3v) is 2.46. The summed E-state index contributed by atoms with van der Waals surface area (Å²) in [5.74, 6) is 0.719. The standard InChI is InChI=1S/C8H18N6/c1-8(2,6-9)13(3)5-7-10-12-14(4)11-7/h5-6,9H2,1-4H3. The summed E-state index contributed by atoms with van der Waals surface area (Å²) in [4.78, 5) is 3.57. The Balaban J connectivity index is 2.61. The zero-order valence-corrected chi connectivity index (χ0v) is 9.23. The van der Waals surface area contributed by atoms with E-state index in [9.17, 15) is 0 Å². The Kier molecular flexibility index (Phi) is 3.17. The molecule has 0 spiro atoms. The van der Waals surface area contributed by atoms with E-state index in [-0.39, 0.29) is 5.54 Å². The minimum Gasteiger partial charge on any atom is -0.329 e. The lowest BCUT2D eigenvalue weighted by Crippen LogP contribution is -2.46. The van der Waals surface area contributed by atoms with E-state index in [1.165, 1.54) is 4.80 Å². The second-order valence-electron chi connectivity index (χ2n) is 4.07. The van der Waals surface area contributed by atoms with Crippen molar-refractivity contribution in [3.8, 4) is 0 Å². The second kappa shape index (κ2) is 4.02. The van der Waals surface area contributed by atoms with E-state index < -0.39 is 0 Å². The number of hydrogen-bond acceptors (Lipinski definition) is 5. The molecule has 0 bridgehead atoms. The van der Waals surface area contributed by atoms with Gasteiger partial charge in [0, 0.05) is 12.1 Å². The number of likely N-dealkylation sites (N-methyl/N-ethyl adjacent to an activating group) is 1. The quantitative estimate of drug-likeness (QED) is 0.698. The monoisotopic (exact) mass is 198 g/mol. The van der Waals surface area contributed by atoms with Crippen molar-refractivity contribution < 1.29 is 0 Å². The first-order valence-electron chi connectivity index (χ1n) is 4.60. The highest BCUT2D eigenvalue weighted by Crippen LogP contribution is 2.11. The lowest BCUT2D eigenvalue weighted by Gasteiger charge is -2.33. The summed E-state index contributed by atoms with van der Waals surface area (Å²) in [6.07, 6.45) is 0. The van der Waals surface area contributed by atoms with Crippen molar-refractivity contribution in [3.63, 3.8) is 0 Å². The molecule has 6 nitrogen and oxygen atoms in total. The average molecular weight is 198 g/mol. The van der Waals surface area contributed by atoms with Gasteiger partial charge in [0.2, 0.25) is 0 Å². The SMILES string of the molecule is CN(Cc1nnn(C)n1)C(C)(C)CN. The van der Waals surface area contributed by atoms with Crippen molar-refractivity contribution in [3.05, 3.63) is 5.82 Å². The first-order valence-corrected chi connectivity index (χ1v) is 4.60. The molecular formula is C8H18N6. The first kappa shape index (κ1) is 11.1. The Labute approximate surface area is 84.1 Å². The molecule has 0 amide bonds. The molecule has 0 aromatic carbocycles. The van der Waals surface area contributed by atoms with Gasteiger partial charge in [-0.25, -0.2) is 0 Å². The van der Waals surface area contributed by atoms with Gasteiger partial charge in [0.25, 0.3) is 0 Å². The van der Waals surface area contributed by atoms with E-state index in [4.69, 9.17) is 5.73 Å². The van der Waals surface area contributed by atoms with E-state index in [2.05, 4.69) is 34.2 Å². The lowest BCUT2D eigenvalue weighted by molar-refractivity contribution is 0.152. The molecule has 1 heterocycles. The molecule has 0 aliphatic heterocycles. The van der Waals surface area contributed by atoms with Crippen LogP contribution in [0.2, 0.25) is 0 Å². The molecule has 0 fully saturated rings. The number of rotatable bonds is 4. The third kappa shape index (κ3) is 2.49. The molecule has 80 valence electrons. The van der Waals surface area contributed by atoms with Gasteiger partial charge in [-0.1, -0.05) is 0 Å². The molecule has 1 aromatic rings. The molecule has 0 atom stereocenters. The highest BCUT2D eigenvalue weighted by molar-refractivity contribution is 4.85. The highest BCUT2D eigenvalue weighted by atomic mass is 15.6. The van der Waals surface area contributed by atoms with Crippen LogP contribution in [0.15, 0.2) is 0 Å². The number of aryl methyl sites for hydroxylation is 1. The van der Waals surface area contributed by atoms with Gasteiger partial charge in [0.05, 0.1) is 13.6 Å². The van der Waals surface area contributed by atoms with Crippen LogP contribution in [0.25, 0.3) is 0 Å². The zero-order chi connectivity index (χ0) is 10.8. The molecule has 1 aromatic heterocycles. The Morgan fingerprint density at radius 3 is 2.57 bits per heavy atom. The highest BCUT2D eigenvalue weighted by Gasteiger charge is 2.22. The number of hydrogen-bond donors (Lipinski definition) is 1. The van der Waals surface area contributed by atoms with Gasteiger partial charge < -0.3 is 5.73 Å². The molecule has 0 saturated heterocycles. The summed E-state index contributed by atoms with van der Waals surface area (Å²) in [5.41, 5.74) is 5.62. The molecule has 1 rings (SSSR count). The van der Waals surface area contributed by atoms with Crippen LogP contribution in [0.4, 0.5) is 0 Å². The fraction of sp³-hybridized carbons (Fsp3) is 0.875. The normalized spacial score (nSPS) is 12.4. The van der Waals surface area contributed by atoms with Crippen LogP contribution in [0.5, 0.6) is 0 Å². The molecule has 2 N–H and O–H groups in total. The van der Waals surface area contributed by atoms with E-state index in [1.54, 1.807) is 7.05 Å². The number of nitrogens with two attached hydrogens (primary N) is 1. The minimum absolute atomic E-state index is 0.0425. The van der Waals surface area contributed by atoms with Crippen LogP contribution in [-0.4, -0.2) is 44.2 Å².